The largest absolute Gasteiger partial charge is 0.408 e. The summed E-state index contributed by atoms with van der Waals surface area (Å²) in [5, 5.41) is 3.53. The highest BCUT2D eigenvalue weighted by Crippen LogP contribution is 2.39. The zero-order valence-electron chi connectivity index (χ0n) is 10.6. The molecule has 0 spiro atoms. The highest BCUT2D eigenvalue weighted by molar-refractivity contribution is 6.30. The molecule has 1 aliphatic rings. The minimum atomic E-state index is -4.28. The first-order valence-corrected chi connectivity index (χ1v) is 6.55. The first-order chi connectivity index (χ1) is 8.89. The van der Waals surface area contributed by atoms with Crippen LogP contribution in [-0.2, 0) is 0 Å². The molecule has 0 aliphatic carbocycles. The van der Waals surface area contributed by atoms with Crippen LogP contribution in [0.4, 0.5) is 13.2 Å². The molecule has 1 aromatic carbocycles. The molecular formula is C13H16ClF3N2. The highest BCUT2D eigenvalue weighted by atomic mass is 35.5. The predicted molar refractivity (Wildman–Crippen MR) is 69.4 cm³/mol. The van der Waals surface area contributed by atoms with Crippen molar-refractivity contribution in [1.29, 1.82) is 0 Å². The minimum Gasteiger partial charge on any atom is -0.314 e. The van der Waals surface area contributed by atoms with Gasteiger partial charge in [0.15, 0.2) is 0 Å². The van der Waals surface area contributed by atoms with Gasteiger partial charge in [-0.1, -0.05) is 17.7 Å². The first-order valence-electron chi connectivity index (χ1n) is 6.17. The molecule has 0 radical (unpaired) electrons. The van der Waals surface area contributed by atoms with E-state index in [1.165, 1.54) is 17.0 Å². The summed E-state index contributed by atoms with van der Waals surface area (Å²) in [7, 11) is 0. The van der Waals surface area contributed by atoms with Gasteiger partial charge >= 0.3 is 6.18 Å². The number of benzene rings is 1. The van der Waals surface area contributed by atoms with Crippen LogP contribution in [0.15, 0.2) is 18.2 Å². The Hall–Kier alpha value is -0.780. The van der Waals surface area contributed by atoms with Crippen LogP contribution in [-0.4, -0.2) is 37.3 Å². The van der Waals surface area contributed by atoms with Crippen molar-refractivity contribution in [2.24, 2.45) is 0 Å². The summed E-state index contributed by atoms with van der Waals surface area (Å²) in [4.78, 5) is 1.48. The van der Waals surface area contributed by atoms with Crippen molar-refractivity contribution in [3.8, 4) is 0 Å². The maximum Gasteiger partial charge on any atom is 0.408 e. The lowest BCUT2D eigenvalue weighted by Crippen LogP contribution is -2.49. The van der Waals surface area contributed by atoms with Gasteiger partial charge in [0.05, 0.1) is 0 Å². The third-order valence-corrected chi connectivity index (χ3v) is 3.59. The van der Waals surface area contributed by atoms with Gasteiger partial charge in [-0.3, -0.25) is 4.90 Å². The summed E-state index contributed by atoms with van der Waals surface area (Å²) in [5.41, 5.74) is 0.868. The Labute approximate surface area is 115 Å². The Balaban J connectivity index is 2.36. The van der Waals surface area contributed by atoms with Gasteiger partial charge in [0, 0.05) is 31.2 Å². The van der Waals surface area contributed by atoms with Gasteiger partial charge in [0.1, 0.15) is 6.04 Å². The Morgan fingerprint density at radius 1 is 1.26 bits per heavy atom. The molecule has 19 heavy (non-hydrogen) atoms. The van der Waals surface area contributed by atoms with Crippen LogP contribution in [0.25, 0.3) is 0 Å². The first kappa shape index (κ1) is 14.6. The number of hydrogen-bond donors (Lipinski definition) is 1. The van der Waals surface area contributed by atoms with E-state index in [4.69, 9.17) is 11.6 Å². The van der Waals surface area contributed by atoms with Crippen LogP contribution in [0.3, 0.4) is 0 Å². The molecule has 1 fully saturated rings. The van der Waals surface area contributed by atoms with Crippen LogP contribution in [0.2, 0.25) is 5.02 Å². The second kappa shape index (κ2) is 5.69. The lowest BCUT2D eigenvalue weighted by atomic mass is 9.99. The summed E-state index contributed by atoms with van der Waals surface area (Å²) >= 11 is 5.82. The molecule has 6 heteroatoms. The Kier molecular flexibility index (Phi) is 4.38. The van der Waals surface area contributed by atoms with E-state index in [1.807, 2.05) is 0 Å². The van der Waals surface area contributed by atoms with E-state index < -0.39 is 12.2 Å². The minimum absolute atomic E-state index is 0.291. The van der Waals surface area contributed by atoms with Crippen LogP contribution >= 0.6 is 11.6 Å². The zero-order valence-corrected chi connectivity index (χ0v) is 11.4. The maximum atomic E-state index is 13.4. The SMILES string of the molecule is Cc1cc(Cl)ccc1[C@@H](N1CCNCC1)C(F)(F)F. The number of piperazine rings is 1. The molecule has 106 valence electrons. The quantitative estimate of drug-likeness (QED) is 0.901. The van der Waals surface area contributed by atoms with Gasteiger partial charge in [-0.15, -0.1) is 0 Å². The fourth-order valence-corrected chi connectivity index (χ4v) is 2.69. The molecule has 2 nitrogen and oxygen atoms in total. The molecule has 1 heterocycles. The Bertz CT molecular complexity index is 442. The normalized spacial score (nSPS) is 19.4. The van der Waals surface area contributed by atoms with Crippen molar-refractivity contribution in [3.63, 3.8) is 0 Å². The lowest BCUT2D eigenvalue weighted by Gasteiger charge is -2.36. The third kappa shape index (κ3) is 3.41. The van der Waals surface area contributed by atoms with Gasteiger partial charge in [-0.2, -0.15) is 13.2 Å². The fourth-order valence-electron chi connectivity index (χ4n) is 2.47. The summed E-state index contributed by atoms with van der Waals surface area (Å²) in [6.07, 6.45) is -4.28. The Morgan fingerprint density at radius 3 is 2.42 bits per heavy atom. The number of alkyl halides is 3. The van der Waals surface area contributed by atoms with E-state index in [0.717, 1.165) is 0 Å². The van der Waals surface area contributed by atoms with Gasteiger partial charge in [-0.05, 0) is 30.2 Å². The zero-order chi connectivity index (χ0) is 14.0. The lowest BCUT2D eigenvalue weighted by molar-refractivity contribution is -0.188. The smallest absolute Gasteiger partial charge is 0.314 e. The molecule has 0 unspecified atom stereocenters. The van der Waals surface area contributed by atoms with Gasteiger partial charge < -0.3 is 5.32 Å². The number of halogens is 4. The summed E-state index contributed by atoms with van der Waals surface area (Å²) in [5.74, 6) is 0. The average Bonchev–Trinajstić information content (AvgIpc) is 2.32. The van der Waals surface area contributed by atoms with Crippen molar-refractivity contribution in [3.05, 3.63) is 34.3 Å². The topological polar surface area (TPSA) is 15.3 Å². The fraction of sp³-hybridized carbons (Fsp3) is 0.538. The molecule has 0 aromatic heterocycles. The van der Waals surface area contributed by atoms with Gasteiger partial charge in [-0.25, -0.2) is 0 Å². The number of rotatable bonds is 2. The van der Waals surface area contributed by atoms with Gasteiger partial charge in [0.25, 0.3) is 0 Å². The highest BCUT2D eigenvalue weighted by Gasteiger charge is 2.45. The molecule has 0 amide bonds. The van der Waals surface area contributed by atoms with E-state index in [2.05, 4.69) is 5.32 Å². The van der Waals surface area contributed by atoms with Crippen molar-refractivity contribution >= 4 is 11.6 Å². The molecule has 1 N–H and O–H groups in total. The number of aryl methyl sites for hydroxylation is 1. The standard InChI is InChI=1S/C13H16ClF3N2/c1-9-8-10(14)2-3-11(9)12(13(15,16)17)19-6-4-18-5-7-19/h2-3,8,12,18H,4-7H2,1H3/t12-/m1/s1. The predicted octanol–water partition coefficient (Wildman–Crippen LogP) is 3.16. The van der Waals surface area contributed by atoms with Crippen LogP contribution in [0.5, 0.6) is 0 Å². The molecule has 0 saturated carbocycles. The number of nitrogens with one attached hydrogen (secondary N) is 1. The summed E-state index contributed by atoms with van der Waals surface area (Å²) in [6.45, 7) is 3.62. The van der Waals surface area contributed by atoms with E-state index in [0.29, 0.717) is 42.3 Å². The van der Waals surface area contributed by atoms with Crippen LogP contribution < -0.4 is 5.32 Å². The van der Waals surface area contributed by atoms with Crippen molar-refractivity contribution in [2.45, 2.75) is 19.1 Å². The number of hydrogen-bond acceptors (Lipinski definition) is 2. The molecule has 0 bridgehead atoms. The third-order valence-electron chi connectivity index (χ3n) is 3.35. The molecular weight excluding hydrogens is 277 g/mol. The van der Waals surface area contributed by atoms with Crippen molar-refractivity contribution in [2.75, 3.05) is 26.2 Å². The molecule has 1 atom stereocenters. The molecule has 1 aromatic rings. The molecule has 1 saturated heterocycles. The maximum absolute atomic E-state index is 13.4. The Morgan fingerprint density at radius 2 is 1.89 bits per heavy atom. The average molecular weight is 293 g/mol. The van der Waals surface area contributed by atoms with Crippen LogP contribution in [0, 0.1) is 6.92 Å². The van der Waals surface area contributed by atoms with Crippen molar-refractivity contribution in [1.82, 2.24) is 10.2 Å². The molecule has 2 rings (SSSR count). The van der Waals surface area contributed by atoms with E-state index in [1.54, 1.807) is 13.0 Å². The van der Waals surface area contributed by atoms with E-state index in [9.17, 15) is 13.2 Å². The monoisotopic (exact) mass is 292 g/mol. The van der Waals surface area contributed by atoms with E-state index >= 15 is 0 Å². The van der Waals surface area contributed by atoms with Gasteiger partial charge in [0.2, 0.25) is 0 Å². The second-order valence-corrected chi connectivity index (χ2v) is 5.17. The van der Waals surface area contributed by atoms with E-state index in [-0.39, 0.29) is 0 Å². The number of nitrogens with zero attached hydrogens (tertiary/aromatic N) is 1. The van der Waals surface area contributed by atoms with Crippen molar-refractivity contribution < 1.29 is 13.2 Å². The second-order valence-electron chi connectivity index (χ2n) is 4.73. The van der Waals surface area contributed by atoms with Crippen LogP contribution in [0.1, 0.15) is 17.2 Å². The summed E-state index contributed by atoms with van der Waals surface area (Å²) in [6, 6.07) is 3.03. The summed E-state index contributed by atoms with van der Waals surface area (Å²) < 4.78 is 40.1. The molecule has 1 aliphatic heterocycles.